The molecule has 0 bridgehead atoms. The summed E-state index contributed by atoms with van der Waals surface area (Å²) in [7, 11) is 0. The Hall–Kier alpha value is 0.230. The Labute approximate surface area is 78.1 Å². The lowest BCUT2D eigenvalue weighted by atomic mass is 10.1. The van der Waals surface area contributed by atoms with E-state index in [1.54, 1.807) is 0 Å². The van der Waals surface area contributed by atoms with Crippen LogP contribution < -0.4 is 0 Å². The second-order valence-electron chi connectivity index (χ2n) is 2.60. The van der Waals surface area contributed by atoms with Crippen LogP contribution in [0.25, 0.3) is 0 Å². The largest absolute Gasteiger partial charge is 0.414 e. The van der Waals surface area contributed by atoms with Gasteiger partial charge in [-0.05, 0) is 12.8 Å². The molecule has 1 atom stereocenters. The van der Waals surface area contributed by atoms with Crippen molar-refractivity contribution in [3.05, 3.63) is 0 Å². The van der Waals surface area contributed by atoms with Crippen molar-refractivity contribution in [1.82, 2.24) is 0 Å². The lowest BCUT2D eigenvalue weighted by Crippen LogP contribution is -2.28. The third-order valence-electron chi connectivity index (χ3n) is 1.49. The minimum absolute atomic E-state index is 0.184. The molecular formula is C7H12BrF3O. The molecule has 1 nitrogen and oxygen atoms in total. The van der Waals surface area contributed by atoms with Gasteiger partial charge in [0.2, 0.25) is 0 Å². The first-order chi connectivity index (χ1) is 5.48. The second-order valence-corrected chi connectivity index (χ2v) is 3.39. The van der Waals surface area contributed by atoms with Crippen LogP contribution in [0, 0.1) is 0 Å². The summed E-state index contributed by atoms with van der Waals surface area (Å²) in [5.41, 5.74) is 0. The zero-order valence-corrected chi connectivity index (χ0v) is 8.16. The van der Waals surface area contributed by atoms with E-state index in [4.69, 9.17) is 5.11 Å². The van der Waals surface area contributed by atoms with Gasteiger partial charge in [0.25, 0.3) is 0 Å². The fraction of sp³-hybridized carbons (Fsp3) is 1.00. The summed E-state index contributed by atoms with van der Waals surface area (Å²) in [5, 5.41) is 9.35. The molecule has 0 spiro atoms. The number of alkyl halides is 4. The number of hydrogen-bond acceptors (Lipinski definition) is 1. The molecular weight excluding hydrogens is 237 g/mol. The monoisotopic (exact) mass is 248 g/mol. The highest BCUT2D eigenvalue weighted by Gasteiger charge is 2.37. The zero-order valence-electron chi connectivity index (χ0n) is 6.57. The maximum atomic E-state index is 11.7. The Morgan fingerprint density at radius 3 is 2.17 bits per heavy atom. The van der Waals surface area contributed by atoms with Crippen molar-refractivity contribution in [3.63, 3.8) is 0 Å². The molecule has 0 aromatic heterocycles. The van der Waals surface area contributed by atoms with Crippen molar-refractivity contribution in [3.8, 4) is 0 Å². The van der Waals surface area contributed by atoms with Gasteiger partial charge in [-0.15, -0.1) is 0 Å². The van der Waals surface area contributed by atoms with E-state index in [1.165, 1.54) is 0 Å². The number of halogens is 4. The number of rotatable bonds is 5. The Bertz CT molecular complexity index is 116. The number of aliphatic hydroxyl groups excluding tert-OH is 1. The van der Waals surface area contributed by atoms with Crippen molar-refractivity contribution in [2.75, 3.05) is 5.33 Å². The lowest BCUT2D eigenvalue weighted by Gasteiger charge is -2.13. The third kappa shape index (κ3) is 5.83. The van der Waals surface area contributed by atoms with E-state index in [1.807, 2.05) is 0 Å². The maximum Gasteiger partial charge on any atom is 0.414 e. The zero-order chi connectivity index (χ0) is 9.61. The van der Waals surface area contributed by atoms with Crippen molar-refractivity contribution in [1.29, 1.82) is 0 Å². The average Bonchev–Trinajstić information content (AvgIpc) is 1.96. The maximum absolute atomic E-state index is 11.7. The lowest BCUT2D eigenvalue weighted by molar-refractivity contribution is -0.205. The summed E-state index contributed by atoms with van der Waals surface area (Å²) in [6.45, 7) is 0. The first kappa shape index (κ1) is 12.2. The van der Waals surface area contributed by atoms with Crippen LogP contribution in [0.5, 0.6) is 0 Å². The molecule has 0 amide bonds. The SMILES string of the molecule is OC(CCCCCBr)C(F)(F)F. The van der Waals surface area contributed by atoms with Crippen LogP contribution in [0.4, 0.5) is 13.2 Å². The minimum Gasteiger partial charge on any atom is -0.384 e. The molecule has 0 aliphatic carbocycles. The normalized spacial score (nSPS) is 14.8. The van der Waals surface area contributed by atoms with Gasteiger partial charge in [-0.2, -0.15) is 13.2 Å². The molecule has 74 valence electrons. The fourth-order valence-electron chi connectivity index (χ4n) is 0.773. The molecule has 0 aromatic rings. The Morgan fingerprint density at radius 1 is 1.17 bits per heavy atom. The predicted octanol–water partition coefficient (Wildman–Crippen LogP) is 2.86. The van der Waals surface area contributed by atoms with Gasteiger partial charge < -0.3 is 5.11 Å². The van der Waals surface area contributed by atoms with Gasteiger partial charge in [-0.1, -0.05) is 28.8 Å². The third-order valence-corrected chi connectivity index (χ3v) is 2.05. The molecule has 0 heterocycles. The molecule has 0 aromatic carbocycles. The van der Waals surface area contributed by atoms with Gasteiger partial charge in [0.15, 0.2) is 0 Å². The van der Waals surface area contributed by atoms with Gasteiger partial charge in [0.1, 0.15) is 6.10 Å². The van der Waals surface area contributed by atoms with Gasteiger partial charge >= 0.3 is 6.18 Å². The molecule has 0 aliphatic rings. The van der Waals surface area contributed by atoms with E-state index >= 15 is 0 Å². The van der Waals surface area contributed by atoms with Gasteiger partial charge in [-0.3, -0.25) is 0 Å². The van der Waals surface area contributed by atoms with E-state index in [0.29, 0.717) is 6.42 Å². The summed E-state index contributed by atoms with van der Waals surface area (Å²) in [5.74, 6) is 0. The second kappa shape index (κ2) is 5.80. The number of unbranched alkanes of at least 4 members (excludes halogenated alkanes) is 2. The highest BCUT2D eigenvalue weighted by atomic mass is 79.9. The van der Waals surface area contributed by atoms with Crippen LogP contribution >= 0.6 is 15.9 Å². The fourth-order valence-corrected chi connectivity index (χ4v) is 1.17. The van der Waals surface area contributed by atoms with E-state index in [-0.39, 0.29) is 6.42 Å². The molecule has 0 saturated carbocycles. The molecule has 1 unspecified atom stereocenters. The van der Waals surface area contributed by atoms with Crippen molar-refractivity contribution < 1.29 is 18.3 Å². The highest BCUT2D eigenvalue weighted by Crippen LogP contribution is 2.23. The quantitative estimate of drug-likeness (QED) is 0.586. The Balaban J connectivity index is 3.38. The van der Waals surface area contributed by atoms with Crippen molar-refractivity contribution >= 4 is 15.9 Å². The highest BCUT2D eigenvalue weighted by molar-refractivity contribution is 9.09. The van der Waals surface area contributed by atoms with Gasteiger partial charge in [0, 0.05) is 5.33 Å². The molecule has 12 heavy (non-hydrogen) atoms. The van der Waals surface area contributed by atoms with Gasteiger partial charge in [0.05, 0.1) is 0 Å². The van der Waals surface area contributed by atoms with Crippen LogP contribution in [0.3, 0.4) is 0 Å². The summed E-state index contributed by atoms with van der Waals surface area (Å²) in [6.07, 6.45) is -4.78. The molecule has 0 radical (unpaired) electrons. The minimum atomic E-state index is -4.45. The van der Waals surface area contributed by atoms with Crippen LogP contribution in [-0.4, -0.2) is 22.7 Å². The van der Waals surface area contributed by atoms with E-state index in [9.17, 15) is 13.2 Å². The Morgan fingerprint density at radius 2 is 1.75 bits per heavy atom. The molecule has 0 fully saturated rings. The van der Waals surface area contributed by atoms with Crippen LogP contribution in [0.2, 0.25) is 0 Å². The smallest absolute Gasteiger partial charge is 0.384 e. The van der Waals surface area contributed by atoms with E-state index < -0.39 is 12.3 Å². The van der Waals surface area contributed by atoms with Crippen LogP contribution in [-0.2, 0) is 0 Å². The van der Waals surface area contributed by atoms with E-state index in [0.717, 1.165) is 18.2 Å². The topological polar surface area (TPSA) is 20.2 Å². The molecule has 0 aliphatic heterocycles. The van der Waals surface area contributed by atoms with Crippen LogP contribution in [0.15, 0.2) is 0 Å². The summed E-state index contributed by atoms with van der Waals surface area (Å²) < 4.78 is 35.1. The first-order valence-corrected chi connectivity index (χ1v) is 4.91. The van der Waals surface area contributed by atoms with E-state index in [2.05, 4.69) is 15.9 Å². The molecule has 5 heteroatoms. The average molecular weight is 249 g/mol. The summed E-state index contributed by atoms with van der Waals surface area (Å²) >= 11 is 3.17. The molecule has 0 rings (SSSR count). The molecule has 1 N–H and O–H groups in total. The van der Waals surface area contributed by atoms with Crippen LogP contribution in [0.1, 0.15) is 25.7 Å². The summed E-state index contributed by atoms with van der Waals surface area (Å²) in [4.78, 5) is 0. The number of aliphatic hydroxyl groups is 1. The first-order valence-electron chi connectivity index (χ1n) is 3.79. The predicted molar refractivity (Wildman–Crippen MR) is 44.3 cm³/mol. The summed E-state index contributed by atoms with van der Waals surface area (Å²) in [6, 6.07) is 0. The van der Waals surface area contributed by atoms with Gasteiger partial charge in [-0.25, -0.2) is 0 Å². The standard InChI is InChI=1S/C7H12BrF3O/c8-5-3-1-2-4-6(12)7(9,10)11/h6,12H,1-5H2. The number of hydrogen-bond donors (Lipinski definition) is 1. The van der Waals surface area contributed by atoms with Crippen molar-refractivity contribution in [2.45, 2.75) is 38.0 Å². The molecule has 0 saturated heterocycles. The van der Waals surface area contributed by atoms with Crippen molar-refractivity contribution in [2.24, 2.45) is 0 Å². The Kier molecular flexibility index (Phi) is 5.92.